The lowest BCUT2D eigenvalue weighted by Gasteiger charge is -2.10. The smallest absolute Gasteiger partial charge is 0.0245 e. The van der Waals surface area contributed by atoms with E-state index in [2.05, 4.69) is 30.0 Å². The zero-order valence-corrected chi connectivity index (χ0v) is 12.5. The van der Waals surface area contributed by atoms with Crippen molar-refractivity contribution in [3.8, 4) is 11.8 Å². The highest BCUT2D eigenvalue weighted by Crippen LogP contribution is 2.21. The van der Waals surface area contributed by atoms with Gasteiger partial charge in [-0.2, -0.15) is 0 Å². The SMILES string of the molecule is C(#Cc1ccccc1)CCCC/C1=C/CCCCCC1. The first-order valence-corrected chi connectivity index (χ1v) is 8.17. The highest BCUT2D eigenvalue weighted by Gasteiger charge is 2.01. The van der Waals surface area contributed by atoms with Gasteiger partial charge in [-0.3, -0.25) is 0 Å². The van der Waals surface area contributed by atoms with E-state index in [9.17, 15) is 0 Å². The van der Waals surface area contributed by atoms with Crippen molar-refractivity contribution in [3.63, 3.8) is 0 Å². The van der Waals surface area contributed by atoms with Crippen LogP contribution in [0.5, 0.6) is 0 Å². The van der Waals surface area contributed by atoms with E-state index in [1.54, 1.807) is 5.57 Å². The van der Waals surface area contributed by atoms with Gasteiger partial charge in [0.1, 0.15) is 0 Å². The third-order valence-electron chi connectivity index (χ3n) is 3.94. The zero-order chi connectivity index (χ0) is 13.9. The summed E-state index contributed by atoms with van der Waals surface area (Å²) in [5.74, 6) is 6.53. The van der Waals surface area contributed by atoms with Crippen molar-refractivity contribution in [2.75, 3.05) is 0 Å². The van der Waals surface area contributed by atoms with Crippen LogP contribution in [0.25, 0.3) is 0 Å². The molecule has 2 rings (SSSR count). The first-order valence-electron chi connectivity index (χ1n) is 8.17. The second-order valence-corrected chi connectivity index (χ2v) is 5.69. The number of unbranched alkanes of at least 4 members (excludes halogenated alkanes) is 2. The fourth-order valence-electron chi connectivity index (χ4n) is 2.74. The van der Waals surface area contributed by atoms with Crippen molar-refractivity contribution in [3.05, 3.63) is 47.5 Å². The molecule has 0 bridgehead atoms. The minimum absolute atomic E-state index is 1.03. The summed E-state index contributed by atoms with van der Waals surface area (Å²) in [5, 5.41) is 0. The van der Waals surface area contributed by atoms with E-state index in [1.165, 1.54) is 57.8 Å². The predicted octanol–water partition coefficient (Wildman–Crippen LogP) is 5.88. The Hall–Kier alpha value is -1.48. The molecule has 1 aliphatic carbocycles. The van der Waals surface area contributed by atoms with E-state index >= 15 is 0 Å². The zero-order valence-electron chi connectivity index (χ0n) is 12.5. The second-order valence-electron chi connectivity index (χ2n) is 5.69. The van der Waals surface area contributed by atoms with E-state index in [-0.39, 0.29) is 0 Å². The molecule has 0 atom stereocenters. The monoisotopic (exact) mass is 266 g/mol. The Bertz CT molecular complexity index is 456. The standard InChI is InChI=1S/C20H26/c1-2-7-13-19(14-8-3-1)15-9-4-5-10-16-20-17-11-6-12-18-20/h6,11-13,17-18H,1-5,7-9,14-15H2/b19-13+. The molecule has 1 aromatic rings. The Kier molecular flexibility index (Phi) is 7.03. The highest BCUT2D eigenvalue weighted by molar-refractivity contribution is 5.33. The van der Waals surface area contributed by atoms with Crippen molar-refractivity contribution in [1.29, 1.82) is 0 Å². The molecular weight excluding hydrogens is 240 g/mol. The molecule has 0 unspecified atom stereocenters. The summed E-state index contributed by atoms with van der Waals surface area (Å²) in [6, 6.07) is 10.3. The predicted molar refractivity (Wildman–Crippen MR) is 87.6 cm³/mol. The van der Waals surface area contributed by atoms with Gasteiger partial charge in [0.2, 0.25) is 0 Å². The fraction of sp³-hybridized carbons (Fsp3) is 0.500. The minimum Gasteiger partial charge on any atom is -0.0979 e. The molecule has 106 valence electrons. The van der Waals surface area contributed by atoms with E-state index < -0.39 is 0 Å². The van der Waals surface area contributed by atoms with Gasteiger partial charge in [0.15, 0.2) is 0 Å². The highest BCUT2D eigenvalue weighted by atomic mass is 14.1. The van der Waals surface area contributed by atoms with E-state index in [0.29, 0.717) is 0 Å². The topological polar surface area (TPSA) is 0 Å². The molecule has 20 heavy (non-hydrogen) atoms. The average molecular weight is 266 g/mol. The molecule has 1 aromatic carbocycles. The van der Waals surface area contributed by atoms with Gasteiger partial charge in [0.25, 0.3) is 0 Å². The van der Waals surface area contributed by atoms with Gasteiger partial charge in [0, 0.05) is 12.0 Å². The van der Waals surface area contributed by atoms with Crippen LogP contribution in [0.2, 0.25) is 0 Å². The molecular formula is C20H26. The van der Waals surface area contributed by atoms with Crippen LogP contribution in [0.15, 0.2) is 42.0 Å². The number of hydrogen-bond acceptors (Lipinski definition) is 0. The lowest BCUT2D eigenvalue weighted by atomic mass is 9.96. The summed E-state index contributed by atoms with van der Waals surface area (Å²) in [7, 11) is 0. The largest absolute Gasteiger partial charge is 0.0979 e. The Morgan fingerprint density at radius 1 is 0.900 bits per heavy atom. The lowest BCUT2D eigenvalue weighted by molar-refractivity contribution is 0.605. The van der Waals surface area contributed by atoms with Crippen LogP contribution in [0.1, 0.15) is 69.8 Å². The van der Waals surface area contributed by atoms with Gasteiger partial charge < -0.3 is 0 Å². The van der Waals surface area contributed by atoms with Crippen LogP contribution in [0.3, 0.4) is 0 Å². The van der Waals surface area contributed by atoms with Crippen molar-refractivity contribution >= 4 is 0 Å². The maximum atomic E-state index is 3.29. The maximum absolute atomic E-state index is 3.29. The van der Waals surface area contributed by atoms with Gasteiger partial charge in [-0.05, 0) is 57.1 Å². The van der Waals surface area contributed by atoms with Gasteiger partial charge >= 0.3 is 0 Å². The number of allylic oxidation sites excluding steroid dienone is 2. The summed E-state index contributed by atoms with van der Waals surface area (Å²) in [5.41, 5.74) is 2.84. The maximum Gasteiger partial charge on any atom is 0.0245 e. The molecule has 0 amide bonds. The summed E-state index contributed by atoms with van der Waals surface area (Å²) in [6.45, 7) is 0. The first-order chi connectivity index (χ1) is 9.95. The molecule has 0 heterocycles. The first kappa shape index (κ1) is 14.9. The van der Waals surface area contributed by atoms with Crippen molar-refractivity contribution in [2.45, 2.75) is 64.2 Å². The lowest BCUT2D eigenvalue weighted by Crippen LogP contribution is -1.91. The molecule has 0 N–H and O–H groups in total. The Morgan fingerprint density at radius 2 is 1.75 bits per heavy atom. The number of rotatable bonds is 4. The Morgan fingerprint density at radius 3 is 2.65 bits per heavy atom. The molecule has 1 aliphatic rings. The van der Waals surface area contributed by atoms with E-state index in [1.807, 2.05) is 18.2 Å². The van der Waals surface area contributed by atoms with Crippen molar-refractivity contribution < 1.29 is 0 Å². The molecule has 0 radical (unpaired) electrons. The molecule has 0 aromatic heterocycles. The number of hydrogen-bond donors (Lipinski definition) is 0. The van der Waals surface area contributed by atoms with Crippen molar-refractivity contribution in [1.82, 2.24) is 0 Å². The summed E-state index contributed by atoms with van der Waals surface area (Å²) in [6.07, 6.45) is 15.7. The Balaban J connectivity index is 1.63. The van der Waals surface area contributed by atoms with Crippen LogP contribution in [-0.2, 0) is 0 Å². The second kappa shape index (κ2) is 9.43. The summed E-state index contributed by atoms with van der Waals surface area (Å²) in [4.78, 5) is 0. The molecule has 0 saturated carbocycles. The van der Waals surface area contributed by atoms with Gasteiger partial charge in [0.05, 0.1) is 0 Å². The van der Waals surface area contributed by atoms with Gasteiger partial charge in [-0.25, -0.2) is 0 Å². The minimum atomic E-state index is 1.03. The number of benzene rings is 1. The molecule has 0 aliphatic heterocycles. The Labute approximate surface area is 124 Å². The third-order valence-corrected chi connectivity index (χ3v) is 3.94. The van der Waals surface area contributed by atoms with Crippen LogP contribution >= 0.6 is 0 Å². The summed E-state index contributed by atoms with van der Waals surface area (Å²) >= 11 is 0. The van der Waals surface area contributed by atoms with Crippen molar-refractivity contribution in [2.24, 2.45) is 0 Å². The fourth-order valence-corrected chi connectivity index (χ4v) is 2.74. The normalized spacial score (nSPS) is 18.1. The molecule has 0 fully saturated rings. The molecule has 0 saturated heterocycles. The van der Waals surface area contributed by atoms with Crippen LogP contribution in [-0.4, -0.2) is 0 Å². The molecule has 0 spiro atoms. The third kappa shape index (κ3) is 6.11. The molecule has 0 nitrogen and oxygen atoms in total. The summed E-state index contributed by atoms with van der Waals surface area (Å²) < 4.78 is 0. The van der Waals surface area contributed by atoms with Crippen LogP contribution in [0.4, 0.5) is 0 Å². The van der Waals surface area contributed by atoms with Crippen LogP contribution < -0.4 is 0 Å². The van der Waals surface area contributed by atoms with E-state index in [0.717, 1.165) is 12.0 Å². The van der Waals surface area contributed by atoms with Crippen LogP contribution in [0, 0.1) is 11.8 Å². The quantitative estimate of drug-likeness (QED) is 0.363. The van der Waals surface area contributed by atoms with Gasteiger partial charge in [-0.15, -0.1) is 0 Å². The van der Waals surface area contributed by atoms with E-state index in [4.69, 9.17) is 0 Å². The molecule has 0 heteroatoms. The van der Waals surface area contributed by atoms with Gasteiger partial charge in [-0.1, -0.05) is 54.5 Å². The average Bonchev–Trinajstić information content (AvgIpc) is 2.45.